The summed E-state index contributed by atoms with van der Waals surface area (Å²) in [4.78, 5) is 0. The average molecular weight is 302 g/mol. The molecule has 2 aliphatic rings. The molecule has 2 fully saturated rings. The highest BCUT2D eigenvalue weighted by atomic mass is 127. The van der Waals surface area contributed by atoms with Gasteiger partial charge in [-0.05, 0) is 30.6 Å². The van der Waals surface area contributed by atoms with Crippen LogP contribution in [0.4, 0.5) is 0 Å². The summed E-state index contributed by atoms with van der Waals surface area (Å²) in [6.07, 6.45) is 8.29. The lowest BCUT2D eigenvalue weighted by Crippen LogP contribution is -2.30. The van der Waals surface area contributed by atoms with E-state index in [9.17, 15) is 0 Å². The van der Waals surface area contributed by atoms with Crippen molar-refractivity contribution >= 4 is 30.4 Å². The third-order valence-electron chi connectivity index (χ3n) is 4.24. The second kappa shape index (κ2) is 4.75. The summed E-state index contributed by atoms with van der Waals surface area (Å²) in [5, 5.41) is 0. The van der Waals surface area contributed by atoms with Crippen LogP contribution in [0.15, 0.2) is 0 Å². The largest absolute Gasteiger partial charge is 0.0823 e. The van der Waals surface area contributed by atoms with Gasteiger partial charge in [0.25, 0.3) is 0 Å². The van der Waals surface area contributed by atoms with Crippen LogP contribution in [-0.4, -0.2) is 11.8 Å². The lowest BCUT2D eigenvalue weighted by atomic mass is 9.69. The zero-order chi connectivity index (χ0) is 10.1. The van der Waals surface area contributed by atoms with Gasteiger partial charge in [-0.2, -0.15) is 0 Å². The van der Waals surface area contributed by atoms with Crippen molar-refractivity contribution in [3.63, 3.8) is 0 Å². The van der Waals surface area contributed by atoms with E-state index in [0.29, 0.717) is 5.82 Å². The zero-order valence-electron chi connectivity index (χ0n) is 9.08. The molecule has 0 saturated heterocycles. The van der Waals surface area contributed by atoms with Crippen molar-refractivity contribution in [2.75, 3.05) is 0 Å². The summed E-state index contributed by atoms with van der Waals surface area (Å²) in [5.41, 5.74) is 0. The Labute approximate surface area is 103 Å². The molecule has 0 spiro atoms. The molecule has 0 aromatic rings. The van der Waals surface area contributed by atoms with Crippen LogP contribution in [0.25, 0.3) is 0 Å². The van der Waals surface area contributed by atoms with E-state index in [1.165, 1.54) is 38.5 Å². The Morgan fingerprint density at radius 1 is 1.07 bits per heavy atom. The maximum atomic E-state index is 6.12. The molecule has 0 amide bonds. The highest BCUT2D eigenvalue weighted by Gasteiger charge is 2.35. The summed E-state index contributed by atoms with van der Waals surface area (Å²) >= 11 is 2.65. The maximum absolute atomic E-state index is 6.12. The first kappa shape index (κ1) is 11.3. The highest BCUT2D eigenvalue weighted by Crippen LogP contribution is 2.46. The molecular formula is C12H20BI. The van der Waals surface area contributed by atoms with Gasteiger partial charge >= 0.3 is 0 Å². The fourth-order valence-electron chi connectivity index (χ4n) is 3.32. The Hall–Kier alpha value is 0.795. The highest BCUT2D eigenvalue weighted by molar-refractivity contribution is 14.1. The quantitative estimate of drug-likeness (QED) is 0.361. The molecule has 2 radical (unpaired) electrons. The molecule has 0 nitrogen and oxygen atoms in total. The molecule has 0 bridgehead atoms. The zero-order valence-corrected chi connectivity index (χ0v) is 11.2. The number of halogens is 1. The van der Waals surface area contributed by atoms with Crippen LogP contribution in [0.1, 0.15) is 45.4 Å². The van der Waals surface area contributed by atoms with Crippen molar-refractivity contribution < 1.29 is 0 Å². The summed E-state index contributed by atoms with van der Waals surface area (Å²) in [6.45, 7) is 2.43. The monoisotopic (exact) mass is 302 g/mol. The van der Waals surface area contributed by atoms with Gasteiger partial charge in [0.1, 0.15) is 0 Å². The Morgan fingerprint density at radius 3 is 2.64 bits per heavy atom. The van der Waals surface area contributed by atoms with Gasteiger partial charge in [-0.3, -0.25) is 0 Å². The molecule has 2 saturated carbocycles. The minimum absolute atomic E-state index is 0.502. The van der Waals surface area contributed by atoms with E-state index in [0.717, 1.165) is 21.7 Å². The molecule has 0 heterocycles. The summed E-state index contributed by atoms with van der Waals surface area (Å²) < 4.78 is 0.902. The maximum Gasteiger partial charge on any atom is 0.0699 e. The third kappa shape index (κ3) is 2.48. The van der Waals surface area contributed by atoms with E-state index in [1.807, 2.05) is 0 Å². The number of fused-ring (bicyclic) bond motifs is 1. The van der Waals surface area contributed by atoms with Crippen LogP contribution in [0.5, 0.6) is 0 Å². The average Bonchev–Trinajstić information content (AvgIpc) is 2.28. The van der Waals surface area contributed by atoms with E-state index in [4.69, 9.17) is 7.85 Å². The molecule has 14 heavy (non-hydrogen) atoms. The second-order valence-electron chi connectivity index (χ2n) is 5.41. The van der Waals surface area contributed by atoms with Gasteiger partial charge in [-0.1, -0.05) is 61.0 Å². The van der Waals surface area contributed by atoms with Crippen molar-refractivity contribution in [2.45, 2.75) is 55.2 Å². The Bertz CT molecular complexity index is 195. The number of rotatable bonds is 0. The molecule has 2 heteroatoms. The van der Waals surface area contributed by atoms with Crippen molar-refractivity contribution in [1.82, 2.24) is 0 Å². The molecule has 0 N–H and O–H groups in total. The minimum atomic E-state index is 0.502. The van der Waals surface area contributed by atoms with Gasteiger partial charge in [-0.25, -0.2) is 0 Å². The first-order valence-electron chi connectivity index (χ1n) is 6.06. The van der Waals surface area contributed by atoms with E-state index >= 15 is 0 Å². The predicted molar refractivity (Wildman–Crippen MR) is 71.2 cm³/mol. The van der Waals surface area contributed by atoms with Crippen molar-refractivity contribution in [3.05, 3.63) is 0 Å². The normalized spacial score (nSPS) is 49.4. The standard InChI is InChI=1S/C12H20BI/c1-8-5-9-3-2-4-11(13)6-10(9)7-12(8)14/h8-12H,2-7H2,1H3. The number of hydrogen-bond acceptors (Lipinski definition) is 0. The van der Waals surface area contributed by atoms with Gasteiger partial charge in [0, 0.05) is 3.92 Å². The van der Waals surface area contributed by atoms with Gasteiger partial charge in [0.15, 0.2) is 0 Å². The molecule has 2 rings (SSSR count). The lowest BCUT2D eigenvalue weighted by Gasteiger charge is -2.37. The first-order chi connectivity index (χ1) is 6.66. The molecule has 78 valence electrons. The van der Waals surface area contributed by atoms with Crippen molar-refractivity contribution in [3.8, 4) is 0 Å². The van der Waals surface area contributed by atoms with Crippen LogP contribution in [0, 0.1) is 17.8 Å². The third-order valence-corrected chi connectivity index (χ3v) is 5.98. The summed E-state index contributed by atoms with van der Waals surface area (Å²) in [7, 11) is 6.12. The minimum Gasteiger partial charge on any atom is -0.0823 e. The second-order valence-corrected chi connectivity index (χ2v) is 7.01. The fraction of sp³-hybridized carbons (Fsp3) is 1.00. The fourth-order valence-corrected chi connectivity index (χ4v) is 4.27. The smallest absolute Gasteiger partial charge is 0.0699 e. The SMILES string of the molecule is [B]C1CCCC2CC(C)C(I)CC2C1. The Balaban J connectivity index is 2.01. The van der Waals surface area contributed by atoms with Crippen LogP contribution in [0.2, 0.25) is 5.82 Å². The predicted octanol–water partition coefficient (Wildman–Crippen LogP) is 3.98. The molecule has 5 unspecified atom stereocenters. The molecule has 0 aromatic heterocycles. The van der Waals surface area contributed by atoms with Crippen LogP contribution in [0.3, 0.4) is 0 Å². The van der Waals surface area contributed by atoms with Crippen LogP contribution >= 0.6 is 22.6 Å². The molecule has 0 aromatic carbocycles. The molecule has 0 aliphatic heterocycles. The van der Waals surface area contributed by atoms with Crippen molar-refractivity contribution in [2.24, 2.45) is 17.8 Å². The number of hydrogen-bond donors (Lipinski definition) is 0. The molecule has 5 atom stereocenters. The van der Waals surface area contributed by atoms with E-state index in [2.05, 4.69) is 29.5 Å². The first-order valence-corrected chi connectivity index (χ1v) is 7.31. The van der Waals surface area contributed by atoms with Gasteiger partial charge in [0.2, 0.25) is 0 Å². The van der Waals surface area contributed by atoms with E-state index in [-0.39, 0.29) is 0 Å². The van der Waals surface area contributed by atoms with E-state index in [1.54, 1.807) is 0 Å². The summed E-state index contributed by atoms with van der Waals surface area (Å²) in [5.74, 6) is 3.39. The molecular weight excluding hydrogens is 282 g/mol. The Morgan fingerprint density at radius 2 is 1.86 bits per heavy atom. The topological polar surface area (TPSA) is 0 Å². The van der Waals surface area contributed by atoms with Crippen molar-refractivity contribution in [1.29, 1.82) is 0 Å². The van der Waals surface area contributed by atoms with E-state index < -0.39 is 0 Å². The Kier molecular flexibility index (Phi) is 3.83. The molecule has 2 aliphatic carbocycles. The van der Waals surface area contributed by atoms with Gasteiger partial charge in [0.05, 0.1) is 7.85 Å². The van der Waals surface area contributed by atoms with Gasteiger partial charge in [-0.15, -0.1) is 0 Å². The van der Waals surface area contributed by atoms with Crippen LogP contribution < -0.4 is 0 Å². The van der Waals surface area contributed by atoms with Gasteiger partial charge < -0.3 is 0 Å². The van der Waals surface area contributed by atoms with Crippen LogP contribution in [-0.2, 0) is 0 Å². The summed E-state index contributed by atoms with van der Waals surface area (Å²) in [6, 6.07) is 0. The number of alkyl halides is 1. The lowest BCUT2D eigenvalue weighted by molar-refractivity contribution is 0.191.